The van der Waals surface area contributed by atoms with Gasteiger partial charge in [-0.25, -0.2) is 9.89 Å². The monoisotopic (exact) mass is 388 g/mol. The zero-order valence-corrected chi connectivity index (χ0v) is 14.2. The molecule has 2 aromatic rings. The molecule has 0 atom stereocenters. The highest BCUT2D eigenvalue weighted by Crippen LogP contribution is 2.30. The molecule has 1 aliphatic rings. The summed E-state index contributed by atoms with van der Waals surface area (Å²) in [5.41, 5.74) is 7.66. The SMILES string of the molecule is Cl.NC1CCC(Nc2cc(-c3n[nH]c(=O)o3)ccc2Br)CC1. The molecule has 120 valence electrons. The second kappa shape index (κ2) is 7.30. The molecule has 0 aliphatic heterocycles. The van der Waals surface area contributed by atoms with Crippen LogP contribution in [0, 0.1) is 0 Å². The maximum Gasteiger partial charge on any atom is 0.434 e. The summed E-state index contributed by atoms with van der Waals surface area (Å²) in [4.78, 5) is 11.0. The number of aromatic amines is 1. The number of halogens is 2. The molecule has 22 heavy (non-hydrogen) atoms. The van der Waals surface area contributed by atoms with Crippen LogP contribution in [0.15, 0.2) is 31.9 Å². The molecule has 1 aromatic heterocycles. The van der Waals surface area contributed by atoms with E-state index in [0.717, 1.165) is 41.4 Å². The molecular weight excluding hydrogens is 372 g/mol. The third kappa shape index (κ3) is 3.91. The highest BCUT2D eigenvalue weighted by Gasteiger charge is 2.19. The minimum atomic E-state index is -0.552. The Morgan fingerprint density at radius 3 is 2.68 bits per heavy atom. The summed E-state index contributed by atoms with van der Waals surface area (Å²) in [7, 11) is 0. The van der Waals surface area contributed by atoms with Crippen molar-refractivity contribution >= 4 is 34.0 Å². The lowest BCUT2D eigenvalue weighted by Crippen LogP contribution is -2.32. The van der Waals surface area contributed by atoms with E-state index in [9.17, 15) is 4.79 Å². The van der Waals surface area contributed by atoms with Crippen LogP contribution in [0.4, 0.5) is 5.69 Å². The van der Waals surface area contributed by atoms with Gasteiger partial charge in [-0.1, -0.05) is 0 Å². The standard InChI is InChI=1S/C14H17BrN4O2.ClH/c15-11-6-1-8(13-18-19-14(20)21-13)7-12(11)17-10-4-2-9(16)3-5-10;/h1,6-7,9-10,17H,2-5,16H2,(H,19,20);1H. The summed E-state index contributed by atoms with van der Waals surface area (Å²) in [5.74, 6) is -0.259. The van der Waals surface area contributed by atoms with Crippen LogP contribution in [0.25, 0.3) is 11.5 Å². The Morgan fingerprint density at radius 1 is 1.32 bits per heavy atom. The fourth-order valence-corrected chi connectivity index (χ4v) is 2.97. The van der Waals surface area contributed by atoms with Gasteiger partial charge in [0.25, 0.3) is 0 Å². The van der Waals surface area contributed by atoms with Crippen LogP contribution in [0.5, 0.6) is 0 Å². The first-order chi connectivity index (χ1) is 10.1. The first kappa shape index (κ1) is 17.1. The molecule has 1 heterocycles. The second-order valence-corrected chi connectivity index (χ2v) is 6.22. The first-order valence-corrected chi connectivity index (χ1v) is 7.78. The number of hydrogen-bond donors (Lipinski definition) is 3. The predicted octanol–water partition coefficient (Wildman–Crippen LogP) is 2.90. The molecular formula is C14H18BrClN4O2. The number of aromatic nitrogens is 2. The summed E-state index contributed by atoms with van der Waals surface area (Å²) in [6.07, 6.45) is 4.22. The van der Waals surface area contributed by atoms with E-state index in [0.29, 0.717) is 18.0 Å². The van der Waals surface area contributed by atoms with E-state index in [-0.39, 0.29) is 12.4 Å². The van der Waals surface area contributed by atoms with Gasteiger partial charge in [-0.3, -0.25) is 0 Å². The van der Waals surface area contributed by atoms with E-state index in [1.165, 1.54) is 0 Å². The van der Waals surface area contributed by atoms with E-state index >= 15 is 0 Å². The maximum absolute atomic E-state index is 11.0. The van der Waals surface area contributed by atoms with Gasteiger partial charge in [-0.15, -0.1) is 17.5 Å². The first-order valence-electron chi connectivity index (χ1n) is 6.99. The van der Waals surface area contributed by atoms with Crippen LogP contribution in [-0.2, 0) is 0 Å². The van der Waals surface area contributed by atoms with Crippen molar-refractivity contribution in [3.05, 3.63) is 33.2 Å². The zero-order valence-electron chi connectivity index (χ0n) is 11.8. The minimum Gasteiger partial charge on any atom is -0.388 e. The maximum atomic E-state index is 11.0. The van der Waals surface area contributed by atoms with E-state index in [1.54, 1.807) is 0 Å². The van der Waals surface area contributed by atoms with Crippen molar-refractivity contribution in [3.8, 4) is 11.5 Å². The van der Waals surface area contributed by atoms with Gasteiger partial charge < -0.3 is 15.5 Å². The highest BCUT2D eigenvalue weighted by atomic mass is 79.9. The van der Waals surface area contributed by atoms with Gasteiger partial charge in [0.1, 0.15) is 0 Å². The van der Waals surface area contributed by atoms with Crippen molar-refractivity contribution in [2.75, 3.05) is 5.32 Å². The van der Waals surface area contributed by atoms with Gasteiger partial charge in [0.05, 0.1) is 0 Å². The van der Waals surface area contributed by atoms with Crippen molar-refractivity contribution in [2.24, 2.45) is 5.73 Å². The number of nitrogens with two attached hydrogens (primary N) is 1. The summed E-state index contributed by atoms with van der Waals surface area (Å²) >= 11 is 3.54. The van der Waals surface area contributed by atoms with Gasteiger partial charge in [0.15, 0.2) is 0 Å². The molecule has 4 N–H and O–H groups in total. The number of benzene rings is 1. The Labute approximate surface area is 142 Å². The van der Waals surface area contributed by atoms with Crippen LogP contribution < -0.4 is 16.8 Å². The Balaban J connectivity index is 0.00000176. The fraction of sp³-hybridized carbons (Fsp3) is 0.429. The topological polar surface area (TPSA) is 96.9 Å². The molecule has 3 rings (SSSR count). The molecule has 0 saturated heterocycles. The average molecular weight is 390 g/mol. The largest absolute Gasteiger partial charge is 0.434 e. The number of nitrogens with zero attached hydrogens (tertiary/aromatic N) is 1. The lowest BCUT2D eigenvalue weighted by Gasteiger charge is -2.28. The van der Waals surface area contributed by atoms with Crippen molar-refractivity contribution in [2.45, 2.75) is 37.8 Å². The molecule has 1 fully saturated rings. The molecule has 0 amide bonds. The lowest BCUT2D eigenvalue weighted by atomic mass is 9.91. The zero-order chi connectivity index (χ0) is 14.8. The van der Waals surface area contributed by atoms with Gasteiger partial charge >= 0.3 is 5.76 Å². The normalized spacial score (nSPS) is 21.2. The van der Waals surface area contributed by atoms with Crippen LogP contribution in [0.1, 0.15) is 25.7 Å². The molecule has 0 radical (unpaired) electrons. The second-order valence-electron chi connectivity index (χ2n) is 5.37. The van der Waals surface area contributed by atoms with Crippen LogP contribution in [-0.4, -0.2) is 22.3 Å². The van der Waals surface area contributed by atoms with Crippen molar-refractivity contribution < 1.29 is 4.42 Å². The lowest BCUT2D eigenvalue weighted by molar-refractivity contribution is 0.411. The van der Waals surface area contributed by atoms with Gasteiger partial charge in [-0.2, -0.15) is 0 Å². The number of hydrogen-bond acceptors (Lipinski definition) is 5. The molecule has 1 aromatic carbocycles. The molecule has 6 nitrogen and oxygen atoms in total. The van der Waals surface area contributed by atoms with Crippen LogP contribution in [0.3, 0.4) is 0 Å². The average Bonchev–Trinajstić information content (AvgIpc) is 2.90. The Hall–Kier alpha value is -1.31. The number of H-pyrrole nitrogens is 1. The van der Waals surface area contributed by atoms with Crippen molar-refractivity contribution in [1.29, 1.82) is 0 Å². The highest BCUT2D eigenvalue weighted by molar-refractivity contribution is 9.10. The third-order valence-electron chi connectivity index (χ3n) is 3.78. The van der Waals surface area contributed by atoms with Crippen LogP contribution in [0.2, 0.25) is 0 Å². The smallest absolute Gasteiger partial charge is 0.388 e. The Kier molecular flexibility index (Phi) is 5.66. The summed E-state index contributed by atoms with van der Waals surface area (Å²) < 4.78 is 5.96. The molecule has 0 unspecified atom stereocenters. The Morgan fingerprint density at radius 2 is 2.05 bits per heavy atom. The van der Waals surface area contributed by atoms with E-state index in [2.05, 4.69) is 31.4 Å². The van der Waals surface area contributed by atoms with Crippen molar-refractivity contribution in [3.63, 3.8) is 0 Å². The number of rotatable bonds is 3. The predicted molar refractivity (Wildman–Crippen MR) is 91.4 cm³/mol. The van der Waals surface area contributed by atoms with Gasteiger partial charge in [0.2, 0.25) is 5.89 Å². The fourth-order valence-electron chi connectivity index (χ4n) is 2.61. The molecule has 0 bridgehead atoms. The Bertz CT molecular complexity index is 679. The van der Waals surface area contributed by atoms with E-state index in [4.69, 9.17) is 10.2 Å². The van der Waals surface area contributed by atoms with Crippen molar-refractivity contribution in [1.82, 2.24) is 10.2 Å². The minimum absolute atomic E-state index is 0. The third-order valence-corrected chi connectivity index (χ3v) is 4.47. The molecule has 1 saturated carbocycles. The molecule has 8 heteroatoms. The number of nitrogens with one attached hydrogen (secondary N) is 2. The molecule has 0 spiro atoms. The summed E-state index contributed by atoms with van der Waals surface area (Å²) in [5, 5.41) is 9.65. The quantitative estimate of drug-likeness (QED) is 0.750. The number of anilines is 1. The summed E-state index contributed by atoms with van der Waals surface area (Å²) in [6.45, 7) is 0. The van der Waals surface area contributed by atoms with E-state index < -0.39 is 5.76 Å². The van der Waals surface area contributed by atoms with Gasteiger partial charge in [0, 0.05) is 27.8 Å². The summed E-state index contributed by atoms with van der Waals surface area (Å²) in [6, 6.07) is 6.45. The van der Waals surface area contributed by atoms with Gasteiger partial charge in [-0.05, 0) is 59.8 Å². The van der Waals surface area contributed by atoms with Crippen LogP contribution >= 0.6 is 28.3 Å². The molecule has 1 aliphatic carbocycles. The van der Waals surface area contributed by atoms with E-state index in [1.807, 2.05) is 18.2 Å².